The lowest BCUT2D eigenvalue weighted by Gasteiger charge is -2.35. The maximum Gasteiger partial charge on any atom is 0.408 e. The van der Waals surface area contributed by atoms with Crippen LogP contribution in [0.2, 0.25) is 0 Å². The van der Waals surface area contributed by atoms with Crippen LogP contribution < -0.4 is 10.6 Å². The highest BCUT2D eigenvalue weighted by Gasteiger charge is 2.44. The third-order valence-electron chi connectivity index (χ3n) is 4.96. The first-order valence-electron chi connectivity index (χ1n) is 11.6. The van der Waals surface area contributed by atoms with Crippen LogP contribution in [0, 0.1) is 5.92 Å². The van der Waals surface area contributed by atoms with Crippen molar-refractivity contribution >= 4 is 17.9 Å². The van der Waals surface area contributed by atoms with E-state index in [1.807, 2.05) is 58.0 Å². The molecule has 1 aliphatic carbocycles. The van der Waals surface area contributed by atoms with Crippen LogP contribution in [-0.2, 0) is 14.3 Å². The number of nitrogens with zero attached hydrogens (tertiary/aromatic N) is 1. The van der Waals surface area contributed by atoms with Crippen molar-refractivity contribution in [3.8, 4) is 0 Å². The molecular weight excluding hydrogens is 406 g/mol. The van der Waals surface area contributed by atoms with Gasteiger partial charge in [0.1, 0.15) is 17.7 Å². The third-order valence-corrected chi connectivity index (χ3v) is 4.96. The summed E-state index contributed by atoms with van der Waals surface area (Å²) in [5.74, 6) is -0.300. The second-order valence-corrected chi connectivity index (χ2v) is 10.3. The summed E-state index contributed by atoms with van der Waals surface area (Å²) in [6, 6.07) is 7.73. The van der Waals surface area contributed by atoms with E-state index < -0.39 is 23.8 Å². The van der Waals surface area contributed by atoms with Gasteiger partial charge in [0.2, 0.25) is 11.8 Å². The Labute approximate surface area is 192 Å². The van der Waals surface area contributed by atoms with Crippen molar-refractivity contribution < 1.29 is 19.1 Å². The number of hydrogen-bond donors (Lipinski definition) is 2. The summed E-state index contributed by atoms with van der Waals surface area (Å²) < 4.78 is 5.40. The molecule has 3 amide bonds. The first kappa shape index (κ1) is 25.7. The number of amides is 3. The normalized spacial score (nSPS) is 15.8. The van der Waals surface area contributed by atoms with Gasteiger partial charge in [-0.05, 0) is 65.4 Å². The average molecular weight is 446 g/mol. The van der Waals surface area contributed by atoms with Crippen molar-refractivity contribution in [3.63, 3.8) is 0 Å². The summed E-state index contributed by atoms with van der Waals surface area (Å²) in [7, 11) is 0. The molecule has 1 saturated carbocycles. The first-order chi connectivity index (χ1) is 14.9. The van der Waals surface area contributed by atoms with Crippen molar-refractivity contribution in [2.24, 2.45) is 5.92 Å². The fraction of sp³-hybridized carbons (Fsp3) is 0.640. The Bertz CT molecular complexity index is 782. The van der Waals surface area contributed by atoms with E-state index in [2.05, 4.69) is 10.6 Å². The Kier molecular flexibility index (Phi) is 8.70. The van der Waals surface area contributed by atoms with E-state index in [9.17, 15) is 14.4 Å². The molecule has 1 aromatic carbocycles. The molecule has 2 unspecified atom stereocenters. The molecule has 0 bridgehead atoms. The average Bonchev–Trinajstić information content (AvgIpc) is 3.48. The van der Waals surface area contributed by atoms with E-state index in [1.165, 1.54) is 0 Å². The van der Waals surface area contributed by atoms with Crippen LogP contribution in [-0.4, -0.2) is 46.5 Å². The van der Waals surface area contributed by atoms with Crippen LogP contribution in [0.4, 0.5) is 4.79 Å². The second-order valence-electron chi connectivity index (χ2n) is 10.3. The van der Waals surface area contributed by atoms with E-state index in [1.54, 1.807) is 25.7 Å². The van der Waals surface area contributed by atoms with E-state index >= 15 is 0 Å². The smallest absolute Gasteiger partial charge is 0.408 e. The number of benzene rings is 1. The summed E-state index contributed by atoms with van der Waals surface area (Å²) in [5.41, 5.74) is 0.0848. The van der Waals surface area contributed by atoms with Gasteiger partial charge >= 0.3 is 6.09 Å². The second kappa shape index (κ2) is 10.8. The Balaban J connectivity index is 2.38. The van der Waals surface area contributed by atoms with Crippen molar-refractivity contribution in [1.82, 2.24) is 15.5 Å². The zero-order valence-electron chi connectivity index (χ0n) is 20.5. The number of ether oxygens (including phenoxy) is 1. The number of hydrogen-bond acceptors (Lipinski definition) is 4. The standard InChI is InChI=1S/C25H39N3O4/c1-16(2)15-20(27-24(31)32-25(5,6)7)23(30)28(19-13-14-19)21(22(29)26-17(3)4)18-11-9-8-10-12-18/h8-12,16-17,19-21H,13-15H2,1-7H3,(H,26,29)(H,27,31). The molecular formula is C25H39N3O4. The lowest BCUT2D eigenvalue weighted by molar-refractivity contribution is -0.143. The quantitative estimate of drug-likeness (QED) is 0.597. The Morgan fingerprint density at radius 3 is 2.09 bits per heavy atom. The third kappa shape index (κ3) is 7.84. The SMILES string of the molecule is CC(C)CC(NC(=O)OC(C)(C)C)C(=O)N(C1CC1)C(C(=O)NC(C)C)c1ccccc1. The molecule has 2 atom stereocenters. The van der Waals surface area contributed by atoms with Crippen molar-refractivity contribution in [2.45, 2.75) is 97.5 Å². The molecule has 0 heterocycles. The molecule has 0 radical (unpaired) electrons. The molecule has 32 heavy (non-hydrogen) atoms. The summed E-state index contributed by atoms with van der Waals surface area (Å²) in [5, 5.41) is 5.74. The van der Waals surface area contributed by atoms with Gasteiger partial charge in [-0.3, -0.25) is 9.59 Å². The summed E-state index contributed by atoms with van der Waals surface area (Å²) in [6.07, 6.45) is 1.50. The minimum absolute atomic E-state index is 0.0271. The minimum atomic E-state index is -0.775. The zero-order valence-corrected chi connectivity index (χ0v) is 20.5. The summed E-state index contributed by atoms with van der Waals surface area (Å²) in [4.78, 5) is 41.3. The molecule has 0 spiro atoms. The minimum Gasteiger partial charge on any atom is -0.444 e. The zero-order chi connectivity index (χ0) is 24.1. The van der Waals surface area contributed by atoms with Crippen LogP contribution in [0.15, 0.2) is 30.3 Å². The van der Waals surface area contributed by atoms with Crippen LogP contribution >= 0.6 is 0 Å². The number of nitrogens with one attached hydrogen (secondary N) is 2. The van der Waals surface area contributed by atoms with Crippen molar-refractivity contribution in [1.29, 1.82) is 0 Å². The maximum absolute atomic E-state index is 13.8. The van der Waals surface area contributed by atoms with Gasteiger partial charge in [-0.1, -0.05) is 44.2 Å². The molecule has 7 heteroatoms. The molecule has 0 aliphatic heterocycles. The van der Waals surface area contributed by atoms with E-state index in [0.29, 0.717) is 6.42 Å². The molecule has 2 rings (SSSR count). The topological polar surface area (TPSA) is 87.7 Å². The highest BCUT2D eigenvalue weighted by atomic mass is 16.6. The monoisotopic (exact) mass is 445 g/mol. The molecule has 1 aliphatic rings. The highest BCUT2D eigenvalue weighted by Crippen LogP contribution is 2.36. The van der Waals surface area contributed by atoms with Crippen molar-refractivity contribution in [2.75, 3.05) is 0 Å². The summed E-state index contributed by atoms with van der Waals surface area (Å²) in [6.45, 7) is 13.1. The fourth-order valence-corrected chi connectivity index (χ4v) is 3.63. The molecule has 1 aromatic rings. The predicted molar refractivity (Wildman–Crippen MR) is 125 cm³/mol. The molecule has 1 fully saturated rings. The largest absolute Gasteiger partial charge is 0.444 e. The van der Waals surface area contributed by atoms with E-state index in [-0.39, 0.29) is 29.8 Å². The van der Waals surface area contributed by atoms with Gasteiger partial charge in [0.05, 0.1) is 0 Å². The first-order valence-corrected chi connectivity index (χ1v) is 11.6. The molecule has 2 N–H and O–H groups in total. The van der Waals surface area contributed by atoms with Gasteiger partial charge in [-0.25, -0.2) is 4.79 Å². The van der Waals surface area contributed by atoms with Gasteiger partial charge in [0.25, 0.3) is 0 Å². The molecule has 178 valence electrons. The Morgan fingerprint density at radius 2 is 1.62 bits per heavy atom. The number of carbonyl (C=O) groups excluding carboxylic acids is 3. The molecule has 7 nitrogen and oxygen atoms in total. The maximum atomic E-state index is 13.8. The molecule has 0 aromatic heterocycles. The van der Waals surface area contributed by atoms with Crippen LogP contribution in [0.5, 0.6) is 0 Å². The van der Waals surface area contributed by atoms with Gasteiger partial charge in [0.15, 0.2) is 0 Å². The number of alkyl carbamates (subject to hydrolysis) is 1. The van der Waals surface area contributed by atoms with E-state index in [0.717, 1.165) is 18.4 Å². The van der Waals surface area contributed by atoms with Crippen LogP contribution in [0.25, 0.3) is 0 Å². The Hall–Kier alpha value is -2.57. The Morgan fingerprint density at radius 1 is 1.03 bits per heavy atom. The van der Waals surface area contributed by atoms with Gasteiger partial charge in [0, 0.05) is 12.1 Å². The van der Waals surface area contributed by atoms with Gasteiger partial charge in [-0.2, -0.15) is 0 Å². The summed E-state index contributed by atoms with van der Waals surface area (Å²) >= 11 is 0. The van der Waals surface area contributed by atoms with Crippen LogP contribution in [0.1, 0.15) is 79.3 Å². The van der Waals surface area contributed by atoms with Gasteiger partial charge in [-0.15, -0.1) is 0 Å². The number of rotatable bonds is 9. The number of carbonyl (C=O) groups is 3. The lowest BCUT2D eigenvalue weighted by Crippen LogP contribution is -2.54. The van der Waals surface area contributed by atoms with E-state index in [4.69, 9.17) is 4.74 Å². The molecule has 0 saturated heterocycles. The predicted octanol–water partition coefficient (Wildman–Crippen LogP) is 4.18. The van der Waals surface area contributed by atoms with Crippen LogP contribution in [0.3, 0.4) is 0 Å². The highest BCUT2D eigenvalue weighted by molar-refractivity contribution is 5.92. The fourth-order valence-electron chi connectivity index (χ4n) is 3.63. The lowest BCUT2D eigenvalue weighted by atomic mass is 9.99. The van der Waals surface area contributed by atoms with Crippen molar-refractivity contribution in [3.05, 3.63) is 35.9 Å². The van der Waals surface area contributed by atoms with Gasteiger partial charge < -0.3 is 20.3 Å².